The Labute approximate surface area is 78.8 Å². The molecule has 0 aliphatic rings. The summed E-state index contributed by atoms with van der Waals surface area (Å²) in [7, 11) is 0. The zero-order chi connectivity index (χ0) is 9.72. The topological polar surface area (TPSA) is 0 Å². The number of hydrogen-bond donors (Lipinski definition) is 0. The van der Waals surface area contributed by atoms with Crippen LogP contribution in [-0.2, 0) is 0 Å². The normalized spacial score (nSPS) is 19.2. The summed E-state index contributed by atoms with van der Waals surface area (Å²) in [6.07, 6.45) is 2.61. The largest absolute Gasteiger partial charge is 0.0651 e. The molecule has 3 atom stereocenters. The summed E-state index contributed by atoms with van der Waals surface area (Å²) in [6, 6.07) is 0. The molecule has 0 amide bonds. The van der Waals surface area contributed by atoms with E-state index >= 15 is 0 Å². The maximum absolute atomic E-state index is 2.40. The quantitative estimate of drug-likeness (QED) is 0.575. The van der Waals surface area contributed by atoms with Crippen LogP contribution in [0.4, 0.5) is 0 Å². The average Bonchev–Trinajstić information content (AvgIpc) is 2.03. The highest BCUT2D eigenvalue weighted by atomic mass is 14.3. The third-order valence-corrected chi connectivity index (χ3v) is 3.36. The van der Waals surface area contributed by atoms with Crippen LogP contribution in [0.5, 0.6) is 0 Å². The number of hydrogen-bond acceptors (Lipinski definition) is 0. The third-order valence-electron chi connectivity index (χ3n) is 3.36. The minimum absolute atomic E-state index is 0.833. The van der Waals surface area contributed by atoms with Gasteiger partial charge < -0.3 is 0 Å². The van der Waals surface area contributed by atoms with Gasteiger partial charge in [-0.15, -0.1) is 0 Å². The molecule has 0 aromatic carbocycles. The Bertz CT molecular complexity index is 105. The molecule has 3 unspecified atom stereocenters. The van der Waals surface area contributed by atoms with Gasteiger partial charge in [-0.3, -0.25) is 0 Å². The standard InChI is InChI=1S/C12H25/c1-7-10(5)11(6)12(8-2)9(3)4/h10-12H,7-8H2,1-6H3. The monoisotopic (exact) mass is 169 g/mol. The zero-order valence-corrected chi connectivity index (χ0v) is 9.65. The fourth-order valence-electron chi connectivity index (χ4n) is 2.07. The summed E-state index contributed by atoms with van der Waals surface area (Å²) >= 11 is 0. The van der Waals surface area contributed by atoms with Crippen molar-refractivity contribution in [1.82, 2.24) is 0 Å². The van der Waals surface area contributed by atoms with Gasteiger partial charge in [0, 0.05) is 0 Å². The highest BCUT2D eigenvalue weighted by molar-refractivity contribution is 4.90. The summed E-state index contributed by atoms with van der Waals surface area (Å²) in [5.41, 5.74) is 0. The maximum Gasteiger partial charge on any atom is -0.0269 e. The Hall–Kier alpha value is 0. The average molecular weight is 169 g/mol. The van der Waals surface area contributed by atoms with E-state index in [0.717, 1.165) is 17.8 Å². The van der Waals surface area contributed by atoms with Gasteiger partial charge in [-0.05, 0) is 23.7 Å². The molecule has 12 heavy (non-hydrogen) atoms. The van der Waals surface area contributed by atoms with E-state index < -0.39 is 0 Å². The molecular weight excluding hydrogens is 144 g/mol. The maximum atomic E-state index is 2.40. The first kappa shape index (κ1) is 12.0. The molecule has 1 radical (unpaired) electrons. The van der Waals surface area contributed by atoms with Gasteiger partial charge in [-0.1, -0.05) is 54.4 Å². The van der Waals surface area contributed by atoms with E-state index in [1.165, 1.54) is 12.8 Å². The van der Waals surface area contributed by atoms with Crippen LogP contribution in [0.15, 0.2) is 0 Å². The van der Waals surface area contributed by atoms with Gasteiger partial charge >= 0.3 is 0 Å². The lowest BCUT2D eigenvalue weighted by atomic mass is 9.75. The summed E-state index contributed by atoms with van der Waals surface area (Å²) in [5, 5.41) is 0. The van der Waals surface area contributed by atoms with Gasteiger partial charge in [-0.25, -0.2) is 0 Å². The lowest BCUT2D eigenvalue weighted by molar-refractivity contribution is 0.260. The van der Waals surface area contributed by atoms with Gasteiger partial charge in [0.2, 0.25) is 0 Å². The van der Waals surface area contributed by atoms with E-state index in [1.807, 2.05) is 0 Å². The molecule has 0 aromatic rings. The van der Waals surface area contributed by atoms with Crippen molar-refractivity contribution in [2.75, 3.05) is 0 Å². The second-order valence-electron chi connectivity index (χ2n) is 4.34. The van der Waals surface area contributed by atoms with E-state index in [9.17, 15) is 0 Å². The molecule has 0 aromatic heterocycles. The molecule has 0 aliphatic carbocycles. The Kier molecular flexibility index (Phi) is 5.61. The van der Waals surface area contributed by atoms with Crippen molar-refractivity contribution in [2.45, 2.75) is 54.4 Å². The molecule has 0 nitrogen and oxygen atoms in total. The Morgan fingerprint density at radius 3 is 1.75 bits per heavy atom. The second-order valence-corrected chi connectivity index (χ2v) is 4.34. The molecule has 0 fully saturated rings. The predicted octanol–water partition coefficient (Wildman–Crippen LogP) is 4.31. The molecule has 0 spiro atoms. The van der Waals surface area contributed by atoms with Crippen molar-refractivity contribution in [3.05, 3.63) is 5.92 Å². The molecular formula is C12H25. The summed E-state index contributed by atoms with van der Waals surface area (Å²) < 4.78 is 0. The molecule has 0 N–H and O–H groups in total. The first-order chi connectivity index (χ1) is 5.54. The van der Waals surface area contributed by atoms with Gasteiger partial charge in [0.15, 0.2) is 0 Å². The fraction of sp³-hybridized carbons (Fsp3) is 0.917. The fourth-order valence-corrected chi connectivity index (χ4v) is 2.07. The first-order valence-corrected chi connectivity index (χ1v) is 5.34. The van der Waals surface area contributed by atoms with Gasteiger partial charge in [-0.2, -0.15) is 0 Å². The van der Waals surface area contributed by atoms with Crippen LogP contribution in [0, 0.1) is 23.7 Å². The van der Waals surface area contributed by atoms with Gasteiger partial charge in [0.1, 0.15) is 0 Å². The Balaban J connectivity index is 4.10. The Morgan fingerprint density at radius 2 is 1.50 bits per heavy atom. The SMILES string of the molecule is CCC(C)C(C)C(CC)[C](C)C. The van der Waals surface area contributed by atoms with Crippen molar-refractivity contribution < 1.29 is 0 Å². The smallest absolute Gasteiger partial charge is 0.0269 e. The zero-order valence-electron chi connectivity index (χ0n) is 9.65. The van der Waals surface area contributed by atoms with Crippen molar-refractivity contribution >= 4 is 0 Å². The van der Waals surface area contributed by atoms with Crippen LogP contribution in [0.25, 0.3) is 0 Å². The van der Waals surface area contributed by atoms with Crippen molar-refractivity contribution in [3.8, 4) is 0 Å². The molecule has 0 saturated heterocycles. The van der Waals surface area contributed by atoms with Gasteiger partial charge in [0.05, 0.1) is 0 Å². The molecule has 0 heteroatoms. The van der Waals surface area contributed by atoms with Crippen LogP contribution in [-0.4, -0.2) is 0 Å². The van der Waals surface area contributed by atoms with E-state index in [-0.39, 0.29) is 0 Å². The second kappa shape index (κ2) is 5.61. The van der Waals surface area contributed by atoms with Crippen LogP contribution in [0.2, 0.25) is 0 Å². The predicted molar refractivity (Wildman–Crippen MR) is 57.0 cm³/mol. The molecule has 73 valence electrons. The van der Waals surface area contributed by atoms with E-state index in [1.54, 1.807) is 5.92 Å². The van der Waals surface area contributed by atoms with Gasteiger partial charge in [0.25, 0.3) is 0 Å². The lowest BCUT2D eigenvalue weighted by Crippen LogP contribution is -2.21. The van der Waals surface area contributed by atoms with E-state index in [0.29, 0.717) is 0 Å². The summed E-state index contributed by atoms with van der Waals surface area (Å²) in [6.45, 7) is 13.9. The summed E-state index contributed by atoms with van der Waals surface area (Å²) in [5.74, 6) is 4.15. The van der Waals surface area contributed by atoms with Crippen LogP contribution in [0.1, 0.15) is 54.4 Å². The van der Waals surface area contributed by atoms with E-state index in [2.05, 4.69) is 41.5 Å². The Morgan fingerprint density at radius 1 is 1.00 bits per heavy atom. The van der Waals surface area contributed by atoms with Crippen LogP contribution < -0.4 is 0 Å². The van der Waals surface area contributed by atoms with Crippen molar-refractivity contribution in [3.63, 3.8) is 0 Å². The minimum Gasteiger partial charge on any atom is -0.0651 e. The van der Waals surface area contributed by atoms with Crippen LogP contribution >= 0.6 is 0 Å². The van der Waals surface area contributed by atoms with Crippen molar-refractivity contribution in [2.24, 2.45) is 17.8 Å². The number of rotatable bonds is 5. The molecule has 0 saturated carbocycles. The minimum atomic E-state index is 0.833. The lowest BCUT2D eigenvalue weighted by Gasteiger charge is -2.30. The highest BCUT2D eigenvalue weighted by Gasteiger charge is 2.22. The van der Waals surface area contributed by atoms with E-state index in [4.69, 9.17) is 0 Å². The van der Waals surface area contributed by atoms with Crippen molar-refractivity contribution in [1.29, 1.82) is 0 Å². The van der Waals surface area contributed by atoms with Crippen LogP contribution in [0.3, 0.4) is 0 Å². The third kappa shape index (κ3) is 3.16. The highest BCUT2D eigenvalue weighted by Crippen LogP contribution is 2.31. The molecule has 0 bridgehead atoms. The molecule has 0 aliphatic heterocycles. The molecule has 0 heterocycles. The first-order valence-electron chi connectivity index (χ1n) is 5.34. The summed E-state index contributed by atoms with van der Waals surface area (Å²) in [4.78, 5) is 0. The molecule has 0 rings (SSSR count).